The van der Waals surface area contributed by atoms with Crippen LogP contribution in [0, 0.1) is 5.92 Å². The molecule has 0 radical (unpaired) electrons. The molecule has 1 saturated heterocycles. The maximum atomic E-state index is 12.9. The van der Waals surface area contributed by atoms with Gasteiger partial charge < -0.3 is 9.80 Å². The minimum absolute atomic E-state index is 0.0807. The topological polar surface area (TPSA) is 23.6 Å². The lowest BCUT2D eigenvalue weighted by Crippen LogP contribution is -2.44. The predicted octanol–water partition coefficient (Wildman–Crippen LogP) is 5.01. The van der Waals surface area contributed by atoms with Gasteiger partial charge in [-0.05, 0) is 42.5 Å². The van der Waals surface area contributed by atoms with E-state index in [2.05, 4.69) is 6.92 Å². The van der Waals surface area contributed by atoms with Gasteiger partial charge in [-0.3, -0.25) is 0 Å². The quantitative estimate of drug-likeness (QED) is 0.660. The van der Waals surface area contributed by atoms with Crippen molar-refractivity contribution in [1.82, 2.24) is 9.80 Å². The number of urea groups is 1. The van der Waals surface area contributed by atoms with Crippen molar-refractivity contribution < 1.29 is 31.1 Å². The molecule has 0 N–H and O–H groups in total. The largest absolute Gasteiger partial charge is 0.416 e. The number of nitrogens with zero attached hydrogens (tertiary/aromatic N) is 2. The van der Waals surface area contributed by atoms with Crippen LogP contribution in [-0.4, -0.2) is 36.0 Å². The van der Waals surface area contributed by atoms with Crippen LogP contribution in [0.2, 0.25) is 0 Å². The Morgan fingerprint density at radius 1 is 1.04 bits per heavy atom. The number of halogens is 6. The monoisotopic (exact) mass is 382 g/mol. The van der Waals surface area contributed by atoms with Crippen LogP contribution >= 0.6 is 0 Å². The highest BCUT2D eigenvalue weighted by Crippen LogP contribution is 2.36. The molecule has 2 amide bonds. The Bertz CT molecular complexity index is 615. The molecule has 0 aromatic heterocycles. The summed E-state index contributed by atoms with van der Waals surface area (Å²) in [5.74, 6) is 0.488. The summed E-state index contributed by atoms with van der Waals surface area (Å²) in [6, 6.07) is 0.981. The SMILES string of the molecule is CC1CCN(C(=O)N(C)Cc2cc(C(F)(F)F)cc(C(F)(F)F)c2)CC1. The molecule has 26 heavy (non-hydrogen) atoms. The summed E-state index contributed by atoms with van der Waals surface area (Å²) in [5, 5.41) is 0. The second kappa shape index (κ2) is 7.36. The number of alkyl halides is 6. The van der Waals surface area contributed by atoms with Gasteiger partial charge in [-0.2, -0.15) is 26.3 Å². The summed E-state index contributed by atoms with van der Waals surface area (Å²) < 4.78 is 77.4. The normalized spacial score (nSPS) is 16.7. The number of amides is 2. The first-order valence-electron chi connectivity index (χ1n) is 8.16. The molecule has 1 aliphatic rings. The fourth-order valence-electron chi connectivity index (χ4n) is 2.89. The van der Waals surface area contributed by atoms with Gasteiger partial charge in [-0.25, -0.2) is 4.79 Å². The predicted molar refractivity (Wildman–Crippen MR) is 83.3 cm³/mol. The van der Waals surface area contributed by atoms with E-state index < -0.39 is 29.5 Å². The Morgan fingerprint density at radius 3 is 1.92 bits per heavy atom. The Balaban J connectivity index is 2.20. The molecule has 3 nitrogen and oxygen atoms in total. The molecule has 0 atom stereocenters. The number of hydrogen-bond acceptors (Lipinski definition) is 1. The average molecular weight is 382 g/mol. The molecular formula is C17H20F6N2O. The highest BCUT2D eigenvalue weighted by atomic mass is 19.4. The number of carbonyl (C=O) groups excluding carboxylic acids is 1. The number of hydrogen-bond donors (Lipinski definition) is 0. The van der Waals surface area contributed by atoms with Gasteiger partial charge in [0.25, 0.3) is 0 Å². The van der Waals surface area contributed by atoms with Gasteiger partial charge in [0.2, 0.25) is 0 Å². The van der Waals surface area contributed by atoms with E-state index in [1.54, 1.807) is 4.90 Å². The van der Waals surface area contributed by atoms with Crippen LogP contribution in [-0.2, 0) is 18.9 Å². The lowest BCUT2D eigenvalue weighted by molar-refractivity contribution is -0.143. The molecule has 0 saturated carbocycles. The molecule has 0 spiro atoms. The molecular weight excluding hydrogens is 362 g/mol. The van der Waals surface area contributed by atoms with Gasteiger partial charge in [0.1, 0.15) is 0 Å². The van der Waals surface area contributed by atoms with E-state index in [-0.39, 0.29) is 18.2 Å². The molecule has 1 fully saturated rings. The van der Waals surface area contributed by atoms with Crippen LogP contribution in [0.15, 0.2) is 18.2 Å². The highest BCUT2D eigenvalue weighted by Gasteiger charge is 2.37. The van der Waals surface area contributed by atoms with Crippen LogP contribution in [0.1, 0.15) is 36.5 Å². The van der Waals surface area contributed by atoms with E-state index >= 15 is 0 Å². The van der Waals surface area contributed by atoms with E-state index in [0.717, 1.165) is 17.7 Å². The Kier molecular flexibility index (Phi) is 5.77. The third-order valence-electron chi connectivity index (χ3n) is 4.45. The van der Waals surface area contributed by atoms with E-state index in [9.17, 15) is 31.1 Å². The van der Waals surface area contributed by atoms with E-state index in [1.807, 2.05) is 0 Å². The molecule has 9 heteroatoms. The van der Waals surface area contributed by atoms with Crippen molar-refractivity contribution in [2.24, 2.45) is 5.92 Å². The summed E-state index contributed by atoms with van der Waals surface area (Å²) in [4.78, 5) is 15.1. The first-order chi connectivity index (χ1) is 11.9. The first kappa shape index (κ1) is 20.4. The lowest BCUT2D eigenvalue weighted by Gasteiger charge is -2.33. The molecule has 1 heterocycles. The van der Waals surface area contributed by atoms with Gasteiger partial charge in [0, 0.05) is 26.7 Å². The van der Waals surface area contributed by atoms with Crippen LogP contribution in [0.3, 0.4) is 0 Å². The third-order valence-corrected chi connectivity index (χ3v) is 4.45. The van der Waals surface area contributed by atoms with Crippen molar-refractivity contribution >= 4 is 6.03 Å². The van der Waals surface area contributed by atoms with Crippen LogP contribution in [0.25, 0.3) is 0 Å². The minimum atomic E-state index is -4.90. The number of carbonyl (C=O) groups is 1. The molecule has 1 aromatic rings. The van der Waals surface area contributed by atoms with Crippen molar-refractivity contribution in [3.63, 3.8) is 0 Å². The molecule has 1 aromatic carbocycles. The molecule has 1 aliphatic heterocycles. The average Bonchev–Trinajstić information content (AvgIpc) is 2.53. The highest BCUT2D eigenvalue weighted by molar-refractivity contribution is 5.74. The molecule has 0 bridgehead atoms. The van der Waals surface area contributed by atoms with E-state index in [4.69, 9.17) is 0 Å². The Labute approximate surface area is 147 Å². The number of piperidine rings is 1. The van der Waals surface area contributed by atoms with Crippen molar-refractivity contribution in [2.45, 2.75) is 38.7 Å². The van der Waals surface area contributed by atoms with Crippen molar-refractivity contribution in [3.8, 4) is 0 Å². The summed E-state index contributed by atoms with van der Waals surface area (Å²) in [5.41, 5.74) is -2.97. The van der Waals surface area contributed by atoms with E-state index in [1.165, 1.54) is 7.05 Å². The van der Waals surface area contributed by atoms with E-state index in [0.29, 0.717) is 31.1 Å². The van der Waals surface area contributed by atoms with Crippen molar-refractivity contribution in [1.29, 1.82) is 0 Å². The van der Waals surface area contributed by atoms with Gasteiger partial charge in [0.05, 0.1) is 11.1 Å². The fraction of sp³-hybridized carbons (Fsp3) is 0.588. The fourth-order valence-corrected chi connectivity index (χ4v) is 2.89. The standard InChI is InChI=1S/C17H20F6N2O/c1-11-3-5-25(6-4-11)15(26)24(2)10-12-7-13(16(18,19)20)9-14(8-12)17(21,22)23/h7-9,11H,3-6,10H2,1-2H3. The number of likely N-dealkylation sites (tertiary alicyclic amines) is 1. The summed E-state index contributed by atoms with van der Waals surface area (Å²) in [7, 11) is 1.37. The summed E-state index contributed by atoms with van der Waals surface area (Å²) >= 11 is 0. The molecule has 0 unspecified atom stereocenters. The Hall–Kier alpha value is -1.93. The lowest BCUT2D eigenvalue weighted by atomic mass is 9.99. The minimum Gasteiger partial charge on any atom is -0.325 e. The molecule has 0 aliphatic carbocycles. The summed E-state index contributed by atoms with van der Waals surface area (Å²) in [6.07, 6.45) is -8.16. The maximum absolute atomic E-state index is 12.9. The third kappa shape index (κ3) is 5.04. The van der Waals surface area contributed by atoms with Crippen LogP contribution < -0.4 is 0 Å². The number of rotatable bonds is 2. The summed E-state index contributed by atoms with van der Waals surface area (Å²) in [6.45, 7) is 2.78. The zero-order valence-corrected chi connectivity index (χ0v) is 14.4. The van der Waals surface area contributed by atoms with Crippen LogP contribution in [0.4, 0.5) is 31.1 Å². The smallest absolute Gasteiger partial charge is 0.325 e. The van der Waals surface area contributed by atoms with Crippen molar-refractivity contribution in [3.05, 3.63) is 34.9 Å². The van der Waals surface area contributed by atoms with Gasteiger partial charge in [-0.15, -0.1) is 0 Å². The molecule has 146 valence electrons. The Morgan fingerprint density at radius 2 is 1.50 bits per heavy atom. The van der Waals surface area contributed by atoms with Gasteiger partial charge in [-0.1, -0.05) is 6.92 Å². The first-order valence-corrected chi connectivity index (χ1v) is 8.16. The zero-order chi connectivity index (χ0) is 19.7. The van der Waals surface area contributed by atoms with Gasteiger partial charge >= 0.3 is 18.4 Å². The van der Waals surface area contributed by atoms with Gasteiger partial charge in [0.15, 0.2) is 0 Å². The second-order valence-corrected chi connectivity index (χ2v) is 6.72. The second-order valence-electron chi connectivity index (χ2n) is 6.72. The zero-order valence-electron chi connectivity index (χ0n) is 14.4. The number of benzene rings is 1. The van der Waals surface area contributed by atoms with Crippen molar-refractivity contribution in [2.75, 3.05) is 20.1 Å². The molecule has 2 rings (SSSR count). The van der Waals surface area contributed by atoms with Crippen LogP contribution in [0.5, 0.6) is 0 Å². The maximum Gasteiger partial charge on any atom is 0.416 e.